The van der Waals surface area contributed by atoms with Crippen molar-refractivity contribution in [1.29, 1.82) is 0 Å². The van der Waals surface area contributed by atoms with Crippen molar-refractivity contribution in [3.8, 4) is 0 Å². The van der Waals surface area contributed by atoms with E-state index in [4.69, 9.17) is 0 Å². The molecular formula is C11H14N8O. The summed E-state index contributed by atoms with van der Waals surface area (Å²) >= 11 is 0. The topological polar surface area (TPSA) is 117 Å². The first-order chi connectivity index (χ1) is 9.86. The van der Waals surface area contributed by atoms with Crippen LogP contribution in [0.15, 0.2) is 17.2 Å². The molecule has 9 nitrogen and oxygen atoms in total. The van der Waals surface area contributed by atoms with E-state index in [-0.39, 0.29) is 0 Å². The lowest BCUT2D eigenvalue weighted by Crippen LogP contribution is -2.09. The fourth-order valence-electron chi connectivity index (χ4n) is 1.71. The molecule has 0 amide bonds. The molecule has 0 unspecified atom stereocenters. The highest BCUT2D eigenvalue weighted by molar-refractivity contribution is 5.83. The molecule has 3 aromatic rings. The van der Waals surface area contributed by atoms with Crippen LogP contribution in [0.25, 0.3) is 11.2 Å². The second-order valence-corrected chi connectivity index (χ2v) is 4.12. The van der Waals surface area contributed by atoms with Gasteiger partial charge in [-0.15, -0.1) is 0 Å². The van der Waals surface area contributed by atoms with Gasteiger partial charge in [0.2, 0.25) is 12.3 Å². The molecule has 20 heavy (non-hydrogen) atoms. The Kier molecular flexibility index (Phi) is 3.40. The van der Waals surface area contributed by atoms with Crippen LogP contribution in [0.2, 0.25) is 0 Å². The number of H-pyrrole nitrogens is 1. The first-order valence-electron chi connectivity index (χ1n) is 6.31. The smallest absolute Gasteiger partial charge is 0.226 e. The zero-order valence-corrected chi connectivity index (χ0v) is 10.9. The Morgan fingerprint density at radius 3 is 3.00 bits per heavy atom. The van der Waals surface area contributed by atoms with Crippen molar-refractivity contribution < 1.29 is 4.52 Å². The molecule has 3 rings (SSSR count). The van der Waals surface area contributed by atoms with Crippen LogP contribution in [-0.2, 0) is 6.54 Å². The van der Waals surface area contributed by atoms with Crippen molar-refractivity contribution >= 4 is 22.9 Å². The van der Waals surface area contributed by atoms with Crippen LogP contribution >= 0.6 is 0 Å². The third kappa shape index (κ3) is 2.51. The van der Waals surface area contributed by atoms with Gasteiger partial charge in [-0.1, -0.05) is 12.1 Å². The van der Waals surface area contributed by atoms with Gasteiger partial charge in [-0.3, -0.25) is 0 Å². The maximum atomic E-state index is 4.69. The number of hydrogen-bond acceptors (Lipinski definition) is 8. The van der Waals surface area contributed by atoms with E-state index in [0.717, 1.165) is 18.5 Å². The number of imidazole rings is 1. The lowest BCUT2D eigenvalue weighted by atomic mass is 10.4. The highest BCUT2D eigenvalue weighted by atomic mass is 16.5. The summed E-state index contributed by atoms with van der Waals surface area (Å²) in [4.78, 5) is 19.9. The Morgan fingerprint density at radius 2 is 2.20 bits per heavy atom. The molecule has 0 radical (unpaired) electrons. The van der Waals surface area contributed by atoms with E-state index in [0.29, 0.717) is 29.8 Å². The van der Waals surface area contributed by atoms with Gasteiger partial charge >= 0.3 is 0 Å². The molecule has 0 saturated heterocycles. The Bertz CT molecular complexity index is 677. The molecule has 0 aliphatic carbocycles. The molecule has 0 fully saturated rings. The van der Waals surface area contributed by atoms with E-state index in [1.54, 1.807) is 6.33 Å². The number of aromatic nitrogens is 6. The molecule has 0 atom stereocenters. The SMILES string of the molecule is CCCNc1nc(NCc2ncon2)c2[nH]cnc2n1. The van der Waals surface area contributed by atoms with Crippen molar-refractivity contribution in [2.45, 2.75) is 19.9 Å². The van der Waals surface area contributed by atoms with E-state index >= 15 is 0 Å². The monoisotopic (exact) mass is 274 g/mol. The summed E-state index contributed by atoms with van der Waals surface area (Å²) in [6, 6.07) is 0. The van der Waals surface area contributed by atoms with Crippen LogP contribution in [0.5, 0.6) is 0 Å². The second kappa shape index (κ2) is 5.51. The molecule has 0 aromatic carbocycles. The third-order valence-electron chi connectivity index (χ3n) is 2.64. The van der Waals surface area contributed by atoms with Gasteiger partial charge in [0.05, 0.1) is 12.9 Å². The van der Waals surface area contributed by atoms with Crippen molar-refractivity contribution in [2.75, 3.05) is 17.2 Å². The number of aromatic amines is 1. The molecule has 0 aliphatic heterocycles. The number of rotatable bonds is 6. The number of anilines is 2. The normalized spacial score (nSPS) is 10.8. The van der Waals surface area contributed by atoms with Gasteiger partial charge in [0.15, 0.2) is 17.3 Å². The lowest BCUT2D eigenvalue weighted by Gasteiger charge is -2.07. The van der Waals surface area contributed by atoms with E-state index in [1.807, 2.05) is 0 Å². The highest BCUT2D eigenvalue weighted by Crippen LogP contribution is 2.18. The zero-order valence-electron chi connectivity index (χ0n) is 10.9. The number of hydrogen-bond donors (Lipinski definition) is 3. The van der Waals surface area contributed by atoms with Gasteiger partial charge in [-0.25, -0.2) is 4.98 Å². The summed E-state index contributed by atoms with van der Waals surface area (Å²) in [5.74, 6) is 1.75. The maximum Gasteiger partial charge on any atom is 0.226 e. The predicted molar refractivity (Wildman–Crippen MR) is 72.1 cm³/mol. The summed E-state index contributed by atoms with van der Waals surface area (Å²) in [7, 11) is 0. The first-order valence-corrected chi connectivity index (χ1v) is 6.31. The summed E-state index contributed by atoms with van der Waals surface area (Å²) in [6.45, 7) is 3.30. The number of nitrogens with zero attached hydrogens (tertiary/aromatic N) is 5. The van der Waals surface area contributed by atoms with Gasteiger partial charge in [-0.2, -0.15) is 15.0 Å². The Labute approximate surface area is 114 Å². The average Bonchev–Trinajstić information content (AvgIpc) is 3.13. The van der Waals surface area contributed by atoms with E-state index in [1.165, 1.54) is 6.39 Å². The van der Waals surface area contributed by atoms with E-state index < -0.39 is 0 Å². The molecule has 0 bridgehead atoms. The molecule has 104 valence electrons. The van der Waals surface area contributed by atoms with Crippen LogP contribution in [-0.4, -0.2) is 36.6 Å². The van der Waals surface area contributed by atoms with Gasteiger partial charge in [0.25, 0.3) is 0 Å². The minimum absolute atomic E-state index is 0.412. The summed E-state index contributed by atoms with van der Waals surface area (Å²) in [5, 5.41) is 10.0. The summed E-state index contributed by atoms with van der Waals surface area (Å²) in [5.41, 5.74) is 1.35. The lowest BCUT2D eigenvalue weighted by molar-refractivity contribution is 0.411. The Morgan fingerprint density at radius 1 is 1.25 bits per heavy atom. The summed E-state index contributed by atoms with van der Waals surface area (Å²) in [6.07, 6.45) is 3.87. The van der Waals surface area contributed by atoms with Crippen LogP contribution in [0.3, 0.4) is 0 Å². The van der Waals surface area contributed by atoms with Crippen molar-refractivity contribution in [3.05, 3.63) is 18.5 Å². The number of nitrogens with one attached hydrogen (secondary N) is 3. The minimum atomic E-state index is 0.412. The van der Waals surface area contributed by atoms with Gasteiger partial charge < -0.3 is 20.1 Å². The molecule has 9 heteroatoms. The van der Waals surface area contributed by atoms with Crippen molar-refractivity contribution in [3.63, 3.8) is 0 Å². The largest absolute Gasteiger partial charge is 0.361 e. The predicted octanol–water partition coefficient (Wildman–Crippen LogP) is 1.17. The standard InChI is InChI=1S/C11H14N8O/c1-2-3-12-11-17-9(8-10(18-11)15-5-14-8)13-4-7-16-6-20-19-7/h5-6H,2-4H2,1H3,(H3,12,13,14,15,17,18). The van der Waals surface area contributed by atoms with E-state index in [9.17, 15) is 0 Å². The van der Waals surface area contributed by atoms with Gasteiger partial charge in [0, 0.05) is 6.54 Å². The van der Waals surface area contributed by atoms with Crippen LogP contribution in [0.1, 0.15) is 19.2 Å². The molecule has 0 aliphatic rings. The first kappa shape index (κ1) is 12.3. The molecule has 3 N–H and O–H groups in total. The van der Waals surface area contributed by atoms with Crippen molar-refractivity contribution in [1.82, 2.24) is 30.1 Å². The van der Waals surface area contributed by atoms with E-state index in [2.05, 4.69) is 52.2 Å². The quantitative estimate of drug-likeness (QED) is 0.613. The highest BCUT2D eigenvalue weighted by Gasteiger charge is 2.10. The van der Waals surface area contributed by atoms with Gasteiger partial charge in [-0.05, 0) is 6.42 Å². The fraction of sp³-hybridized carbons (Fsp3) is 0.364. The second-order valence-electron chi connectivity index (χ2n) is 4.12. The molecule has 0 saturated carbocycles. The zero-order chi connectivity index (χ0) is 13.8. The Hall–Kier alpha value is -2.71. The molecule has 0 spiro atoms. The summed E-state index contributed by atoms with van der Waals surface area (Å²) < 4.78 is 4.69. The molecular weight excluding hydrogens is 260 g/mol. The third-order valence-corrected chi connectivity index (χ3v) is 2.64. The van der Waals surface area contributed by atoms with Crippen molar-refractivity contribution in [2.24, 2.45) is 0 Å². The number of fused-ring (bicyclic) bond motifs is 1. The Balaban J connectivity index is 1.85. The molecule has 3 aromatic heterocycles. The maximum absolute atomic E-state index is 4.69. The van der Waals surface area contributed by atoms with Gasteiger partial charge in [0.1, 0.15) is 5.52 Å². The van der Waals surface area contributed by atoms with Crippen LogP contribution in [0, 0.1) is 0 Å². The molecule has 3 heterocycles. The average molecular weight is 274 g/mol. The van der Waals surface area contributed by atoms with Crippen LogP contribution in [0.4, 0.5) is 11.8 Å². The van der Waals surface area contributed by atoms with Crippen LogP contribution < -0.4 is 10.6 Å². The minimum Gasteiger partial charge on any atom is -0.361 e. The fourth-order valence-corrected chi connectivity index (χ4v) is 1.71.